The fourth-order valence-corrected chi connectivity index (χ4v) is 3.94. The molecule has 2 fully saturated rings. The lowest BCUT2D eigenvalue weighted by Gasteiger charge is -2.17. The van der Waals surface area contributed by atoms with Crippen molar-refractivity contribution in [1.29, 1.82) is 0 Å². The number of benzene rings is 1. The second-order valence-corrected chi connectivity index (χ2v) is 6.53. The summed E-state index contributed by atoms with van der Waals surface area (Å²) in [6.45, 7) is 0. The van der Waals surface area contributed by atoms with Crippen LogP contribution in [-0.4, -0.2) is 33.9 Å². The molecule has 1 aromatic carbocycles. The molecule has 3 atom stereocenters. The largest absolute Gasteiger partial charge is 0.342 e. The summed E-state index contributed by atoms with van der Waals surface area (Å²) >= 11 is 0. The molecule has 1 unspecified atom stereocenters. The second kappa shape index (κ2) is 6.09. The first kappa shape index (κ1) is 14.9. The monoisotopic (exact) mass is 317 g/mol. The lowest BCUT2D eigenvalue weighted by molar-refractivity contribution is -0.129. The van der Waals surface area contributed by atoms with Gasteiger partial charge in [0, 0.05) is 31.0 Å². The summed E-state index contributed by atoms with van der Waals surface area (Å²) < 4.78 is 0. The zero-order valence-electron chi connectivity index (χ0n) is 13.6. The van der Waals surface area contributed by atoms with E-state index < -0.39 is 0 Å². The Hall–Kier alpha value is -2.67. The van der Waals surface area contributed by atoms with Crippen LogP contribution in [0.15, 0.2) is 42.7 Å². The minimum atomic E-state index is -0.182. The molecule has 0 spiro atoms. The van der Waals surface area contributed by atoms with Crippen molar-refractivity contribution in [2.75, 3.05) is 7.05 Å². The maximum atomic E-state index is 12.5. The molecule has 1 aliphatic heterocycles. The number of carbonyl (C=O) groups is 1. The number of nitrogens with zero attached hydrogens (tertiary/aromatic N) is 3. The van der Waals surface area contributed by atoms with Gasteiger partial charge in [-0.25, -0.2) is 9.97 Å². The predicted octanol–water partition coefficient (Wildman–Crippen LogP) is 2.60. The van der Waals surface area contributed by atoms with Gasteiger partial charge in [-0.1, -0.05) is 36.5 Å². The van der Waals surface area contributed by atoms with Gasteiger partial charge in [0.25, 0.3) is 0 Å². The normalized spacial score (nSPS) is 25.3. The topological polar surface area (TPSA) is 46.1 Å². The standard InChI is InChI=1S/C20H19N3O/c1-23-17-9-5-8-16(17)18(20(23)24)19-21-12-15(13-22-19)11-10-14-6-3-2-4-7-14/h2-4,6-7,12-13,16-18H,5,8-9H2,1H3/t16-,17+,18?/m1/s1. The number of aromatic nitrogens is 2. The third-order valence-electron chi connectivity index (χ3n) is 5.15. The van der Waals surface area contributed by atoms with Crippen LogP contribution in [0.1, 0.15) is 42.1 Å². The number of likely N-dealkylation sites (N-methyl/N-ethyl adjacent to an activating group) is 1. The number of fused-ring (bicyclic) bond motifs is 1. The van der Waals surface area contributed by atoms with Crippen LogP contribution in [0.25, 0.3) is 0 Å². The molecule has 4 rings (SSSR count). The number of amides is 1. The first-order chi connectivity index (χ1) is 11.7. The Morgan fingerprint density at radius 1 is 1.04 bits per heavy atom. The van der Waals surface area contributed by atoms with Crippen molar-refractivity contribution >= 4 is 5.91 Å². The number of hydrogen-bond acceptors (Lipinski definition) is 3. The summed E-state index contributed by atoms with van der Waals surface area (Å²) in [5, 5.41) is 0. The van der Waals surface area contributed by atoms with E-state index in [0.29, 0.717) is 17.8 Å². The Bertz CT molecular complexity index is 804. The number of likely N-dealkylation sites (tertiary alicyclic amines) is 1. The molecule has 0 radical (unpaired) electrons. The van der Waals surface area contributed by atoms with E-state index in [0.717, 1.165) is 24.0 Å². The van der Waals surface area contributed by atoms with E-state index in [1.807, 2.05) is 42.3 Å². The first-order valence-corrected chi connectivity index (χ1v) is 8.40. The van der Waals surface area contributed by atoms with Gasteiger partial charge in [-0.2, -0.15) is 0 Å². The minimum absolute atomic E-state index is 0.160. The van der Waals surface area contributed by atoms with Gasteiger partial charge in [-0.05, 0) is 30.9 Å². The number of carbonyl (C=O) groups excluding carboxylic acids is 1. The summed E-state index contributed by atoms with van der Waals surface area (Å²) in [6, 6.07) is 10.2. The lowest BCUT2D eigenvalue weighted by atomic mass is 9.91. The van der Waals surface area contributed by atoms with Crippen LogP contribution in [0.3, 0.4) is 0 Å². The average Bonchev–Trinajstić information content (AvgIpc) is 3.18. The van der Waals surface area contributed by atoms with E-state index in [1.165, 1.54) is 6.42 Å². The number of hydrogen-bond donors (Lipinski definition) is 0. The van der Waals surface area contributed by atoms with Gasteiger partial charge in [0.2, 0.25) is 5.91 Å². The summed E-state index contributed by atoms with van der Waals surface area (Å²) in [5.41, 5.74) is 1.73. The molecule has 0 N–H and O–H groups in total. The maximum absolute atomic E-state index is 12.5. The summed E-state index contributed by atoms with van der Waals surface area (Å²) in [5.74, 6) is 7.16. The lowest BCUT2D eigenvalue weighted by Crippen LogP contribution is -2.29. The Morgan fingerprint density at radius 3 is 2.50 bits per heavy atom. The molecule has 1 aliphatic carbocycles. The summed E-state index contributed by atoms with van der Waals surface area (Å²) in [6.07, 6.45) is 6.83. The highest BCUT2D eigenvalue weighted by atomic mass is 16.2. The van der Waals surface area contributed by atoms with Gasteiger partial charge in [0.05, 0.1) is 5.56 Å². The SMILES string of the molecule is CN1C(=O)C(c2ncc(C#Cc3ccccc3)cn2)[C@@H]2CCC[C@@H]21. The van der Waals surface area contributed by atoms with Crippen LogP contribution >= 0.6 is 0 Å². The Kier molecular flexibility index (Phi) is 3.78. The molecule has 2 aromatic rings. The highest BCUT2D eigenvalue weighted by Gasteiger charge is 2.50. The molecule has 24 heavy (non-hydrogen) atoms. The van der Waals surface area contributed by atoms with Gasteiger partial charge < -0.3 is 4.90 Å². The van der Waals surface area contributed by atoms with Crippen molar-refractivity contribution in [1.82, 2.24) is 14.9 Å². The number of rotatable bonds is 1. The van der Waals surface area contributed by atoms with E-state index in [4.69, 9.17) is 0 Å². The molecule has 1 aromatic heterocycles. The molecule has 4 nitrogen and oxygen atoms in total. The molecule has 2 heterocycles. The zero-order valence-corrected chi connectivity index (χ0v) is 13.6. The van der Waals surface area contributed by atoms with Crippen LogP contribution < -0.4 is 0 Å². The van der Waals surface area contributed by atoms with Crippen LogP contribution in [0.5, 0.6) is 0 Å². The van der Waals surface area contributed by atoms with E-state index in [9.17, 15) is 4.79 Å². The first-order valence-electron chi connectivity index (χ1n) is 8.40. The molecule has 1 saturated carbocycles. The Labute approximate surface area is 141 Å². The Morgan fingerprint density at radius 2 is 1.75 bits per heavy atom. The fraction of sp³-hybridized carbons (Fsp3) is 0.350. The third-order valence-corrected chi connectivity index (χ3v) is 5.15. The predicted molar refractivity (Wildman–Crippen MR) is 91.1 cm³/mol. The second-order valence-electron chi connectivity index (χ2n) is 6.53. The zero-order chi connectivity index (χ0) is 16.5. The van der Waals surface area contributed by atoms with E-state index in [1.54, 1.807) is 12.4 Å². The molecule has 4 heteroatoms. The van der Waals surface area contributed by atoms with E-state index >= 15 is 0 Å². The van der Waals surface area contributed by atoms with E-state index in [2.05, 4.69) is 21.8 Å². The molecule has 1 saturated heterocycles. The quantitative estimate of drug-likeness (QED) is 0.760. The summed E-state index contributed by atoms with van der Waals surface area (Å²) in [4.78, 5) is 23.3. The maximum Gasteiger partial charge on any atom is 0.233 e. The Balaban J connectivity index is 1.56. The van der Waals surface area contributed by atoms with Gasteiger partial charge in [0.1, 0.15) is 11.7 Å². The van der Waals surface area contributed by atoms with Crippen LogP contribution in [0.2, 0.25) is 0 Å². The molecule has 0 bridgehead atoms. The molecule has 120 valence electrons. The van der Waals surface area contributed by atoms with Crippen molar-refractivity contribution in [2.45, 2.75) is 31.2 Å². The van der Waals surface area contributed by atoms with Gasteiger partial charge in [-0.3, -0.25) is 4.79 Å². The minimum Gasteiger partial charge on any atom is -0.342 e. The van der Waals surface area contributed by atoms with Crippen molar-refractivity contribution in [3.8, 4) is 11.8 Å². The molecule has 2 aliphatic rings. The van der Waals surface area contributed by atoms with Crippen LogP contribution in [0, 0.1) is 17.8 Å². The third kappa shape index (κ3) is 2.56. The van der Waals surface area contributed by atoms with Crippen molar-refractivity contribution < 1.29 is 4.79 Å². The van der Waals surface area contributed by atoms with Crippen molar-refractivity contribution in [2.24, 2.45) is 5.92 Å². The van der Waals surface area contributed by atoms with Crippen molar-refractivity contribution in [3.05, 3.63) is 59.7 Å². The highest BCUT2D eigenvalue weighted by molar-refractivity contribution is 5.86. The van der Waals surface area contributed by atoms with Gasteiger partial charge in [-0.15, -0.1) is 0 Å². The molecular weight excluding hydrogens is 298 g/mol. The molecule has 1 amide bonds. The van der Waals surface area contributed by atoms with Crippen LogP contribution in [0.4, 0.5) is 0 Å². The summed E-state index contributed by atoms with van der Waals surface area (Å²) in [7, 11) is 1.91. The highest BCUT2D eigenvalue weighted by Crippen LogP contribution is 2.45. The average molecular weight is 317 g/mol. The van der Waals surface area contributed by atoms with Gasteiger partial charge in [0.15, 0.2) is 0 Å². The van der Waals surface area contributed by atoms with Gasteiger partial charge >= 0.3 is 0 Å². The fourth-order valence-electron chi connectivity index (χ4n) is 3.94. The smallest absolute Gasteiger partial charge is 0.233 e. The van der Waals surface area contributed by atoms with E-state index in [-0.39, 0.29) is 11.8 Å². The molecular formula is C20H19N3O. The van der Waals surface area contributed by atoms with Crippen LogP contribution in [-0.2, 0) is 4.79 Å². The van der Waals surface area contributed by atoms with Crippen molar-refractivity contribution in [3.63, 3.8) is 0 Å².